The zero-order valence-electron chi connectivity index (χ0n) is 18.1. The van der Waals surface area contributed by atoms with Gasteiger partial charge in [0.2, 0.25) is 5.91 Å². The molecule has 1 aliphatic heterocycles. The van der Waals surface area contributed by atoms with Crippen LogP contribution in [0, 0.1) is 0 Å². The van der Waals surface area contributed by atoms with Gasteiger partial charge in [0.15, 0.2) is 5.69 Å². The van der Waals surface area contributed by atoms with Crippen molar-refractivity contribution in [1.29, 1.82) is 0 Å². The number of thiazole rings is 1. The monoisotopic (exact) mass is 454 g/mol. The first-order chi connectivity index (χ1) is 15.5. The van der Waals surface area contributed by atoms with Crippen LogP contribution in [0.1, 0.15) is 30.0 Å². The molecule has 3 heterocycles. The highest BCUT2D eigenvalue weighted by atomic mass is 32.1. The Morgan fingerprint density at radius 3 is 2.69 bits per heavy atom. The van der Waals surface area contributed by atoms with Gasteiger partial charge in [0.1, 0.15) is 5.01 Å². The highest BCUT2D eigenvalue weighted by molar-refractivity contribution is 7.13. The lowest BCUT2D eigenvalue weighted by molar-refractivity contribution is -0.120. The Morgan fingerprint density at radius 1 is 1.19 bits per heavy atom. The third kappa shape index (κ3) is 5.57. The Balaban J connectivity index is 1.24. The number of carbonyl (C=O) groups excluding carboxylic acids is 2. The molecule has 2 atom stereocenters. The lowest BCUT2D eigenvalue weighted by Gasteiger charge is -2.34. The minimum absolute atomic E-state index is 0.00514. The largest absolute Gasteiger partial charge is 0.372 e. The maximum Gasteiger partial charge on any atom is 0.276 e. The number of hydrogen-bond acceptors (Lipinski definition) is 7. The van der Waals surface area contributed by atoms with E-state index in [2.05, 4.69) is 20.6 Å². The highest BCUT2D eigenvalue weighted by Gasteiger charge is 2.28. The fraction of sp³-hybridized carbons (Fsp3) is 0.409. The first-order valence-corrected chi connectivity index (χ1v) is 11.5. The van der Waals surface area contributed by atoms with Gasteiger partial charge in [-0.2, -0.15) is 0 Å². The first-order valence-electron chi connectivity index (χ1n) is 10.6. The maximum atomic E-state index is 12.7. The number of hydrogen-bond donors (Lipinski definition) is 1. The number of aromatic nitrogens is 4. The summed E-state index contributed by atoms with van der Waals surface area (Å²) in [6.07, 6.45) is 1.83. The molecule has 2 amide bonds. The van der Waals surface area contributed by atoms with Crippen LogP contribution in [0.2, 0.25) is 0 Å². The van der Waals surface area contributed by atoms with Crippen molar-refractivity contribution >= 4 is 23.2 Å². The van der Waals surface area contributed by atoms with Gasteiger partial charge in [-0.1, -0.05) is 35.5 Å². The van der Waals surface area contributed by atoms with Gasteiger partial charge in [-0.25, -0.2) is 9.67 Å². The number of morpholine rings is 1. The number of nitrogens with one attached hydrogen (secondary N) is 1. The minimum atomic E-state index is -0.153. The first kappa shape index (κ1) is 22.1. The Hall–Kier alpha value is -3.11. The normalized spacial score (nSPS) is 18.5. The molecule has 0 aliphatic carbocycles. The van der Waals surface area contributed by atoms with Gasteiger partial charge in [0.05, 0.1) is 37.1 Å². The summed E-state index contributed by atoms with van der Waals surface area (Å²) in [7, 11) is 0. The summed E-state index contributed by atoms with van der Waals surface area (Å²) >= 11 is 1.53. The summed E-state index contributed by atoms with van der Waals surface area (Å²) in [5, 5.41) is 13.7. The van der Waals surface area contributed by atoms with Crippen molar-refractivity contribution in [3.05, 3.63) is 53.3 Å². The smallest absolute Gasteiger partial charge is 0.276 e. The van der Waals surface area contributed by atoms with Crippen LogP contribution in [0.3, 0.4) is 0 Å². The van der Waals surface area contributed by atoms with Crippen LogP contribution in [-0.4, -0.2) is 68.5 Å². The van der Waals surface area contributed by atoms with Gasteiger partial charge in [-0.3, -0.25) is 9.59 Å². The molecule has 1 fully saturated rings. The number of ether oxygens (including phenoxy) is 1. The average Bonchev–Trinajstić information content (AvgIpc) is 3.43. The predicted molar refractivity (Wildman–Crippen MR) is 120 cm³/mol. The molecule has 1 saturated heterocycles. The van der Waals surface area contributed by atoms with E-state index in [1.807, 2.05) is 49.6 Å². The van der Waals surface area contributed by atoms with E-state index in [0.29, 0.717) is 31.9 Å². The van der Waals surface area contributed by atoms with Crippen LogP contribution >= 0.6 is 11.3 Å². The Morgan fingerprint density at radius 2 is 1.94 bits per heavy atom. The number of nitrogens with zero attached hydrogens (tertiary/aromatic N) is 5. The predicted octanol–water partition coefficient (Wildman–Crippen LogP) is 2.01. The zero-order valence-corrected chi connectivity index (χ0v) is 18.9. The fourth-order valence-electron chi connectivity index (χ4n) is 3.65. The average molecular weight is 455 g/mol. The minimum Gasteiger partial charge on any atom is -0.372 e. The van der Waals surface area contributed by atoms with Crippen molar-refractivity contribution in [2.45, 2.75) is 39.0 Å². The van der Waals surface area contributed by atoms with Crippen molar-refractivity contribution in [1.82, 2.24) is 30.2 Å². The second-order valence-corrected chi connectivity index (χ2v) is 8.73. The number of carbonyl (C=O) groups is 2. The Kier molecular flexibility index (Phi) is 6.91. The van der Waals surface area contributed by atoms with E-state index in [0.717, 1.165) is 16.3 Å². The molecule has 9 nitrogen and oxygen atoms in total. The van der Waals surface area contributed by atoms with E-state index in [1.54, 1.807) is 15.8 Å². The number of benzene rings is 1. The summed E-state index contributed by atoms with van der Waals surface area (Å²) < 4.78 is 7.24. The van der Waals surface area contributed by atoms with Crippen LogP contribution < -0.4 is 5.32 Å². The van der Waals surface area contributed by atoms with E-state index in [4.69, 9.17) is 4.74 Å². The van der Waals surface area contributed by atoms with Crippen molar-refractivity contribution in [3.8, 4) is 10.6 Å². The molecular formula is C22H26N6O3S. The standard InChI is InChI=1S/C22H26N6O3S/c1-15-11-27(12-16(2)31-15)22(30)19-13-28(26-25-19)9-8-23-20(29)10-18-14-32-21(24-18)17-6-4-3-5-7-17/h3-7,13-16H,8-12H2,1-2H3,(H,23,29)/t15-,16+. The van der Waals surface area contributed by atoms with Crippen LogP contribution in [0.4, 0.5) is 0 Å². The van der Waals surface area contributed by atoms with E-state index in [9.17, 15) is 9.59 Å². The lowest BCUT2D eigenvalue weighted by Crippen LogP contribution is -2.48. The summed E-state index contributed by atoms with van der Waals surface area (Å²) in [5.74, 6) is -0.261. The maximum absolute atomic E-state index is 12.7. The molecule has 0 saturated carbocycles. The SMILES string of the molecule is C[C@@H]1CN(C(=O)c2cn(CCNC(=O)Cc3csc(-c4ccccc4)n3)nn2)C[C@H](C)O1. The molecule has 0 radical (unpaired) electrons. The Labute approximate surface area is 190 Å². The molecule has 1 aromatic carbocycles. The molecule has 4 rings (SSSR count). The molecule has 1 N–H and O–H groups in total. The molecule has 168 valence electrons. The molecule has 3 aromatic rings. The summed E-state index contributed by atoms with van der Waals surface area (Å²) in [6.45, 7) is 5.78. The van der Waals surface area contributed by atoms with Gasteiger partial charge in [0, 0.05) is 30.6 Å². The Bertz CT molecular complexity index is 1060. The van der Waals surface area contributed by atoms with Gasteiger partial charge in [-0.15, -0.1) is 16.4 Å². The van der Waals surface area contributed by atoms with Gasteiger partial charge >= 0.3 is 0 Å². The molecule has 1 aliphatic rings. The van der Waals surface area contributed by atoms with Crippen LogP contribution in [0.5, 0.6) is 0 Å². The van der Waals surface area contributed by atoms with Crippen molar-refractivity contribution in [2.75, 3.05) is 19.6 Å². The molecule has 2 aromatic heterocycles. The quantitative estimate of drug-likeness (QED) is 0.586. The third-order valence-electron chi connectivity index (χ3n) is 5.04. The number of amides is 2. The molecule has 0 spiro atoms. The number of rotatable bonds is 7. The molecule has 0 bridgehead atoms. The lowest BCUT2D eigenvalue weighted by atomic mass is 10.2. The van der Waals surface area contributed by atoms with E-state index >= 15 is 0 Å². The third-order valence-corrected chi connectivity index (χ3v) is 5.98. The zero-order chi connectivity index (χ0) is 22.5. The van der Waals surface area contributed by atoms with Crippen LogP contribution in [0.15, 0.2) is 41.9 Å². The van der Waals surface area contributed by atoms with Crippen molar-refractivity contribution < 1.29 is 14.3 Å². The van der Waals surface area contributed by atoms with E-state index in [1.165, 1.54) is 11.3 Å². The molecule has 10 heteroatoms. The second-order valence-electron chi connectivity index (χ2n) is 7.87. The van der Waals surface area contributed by atoms with Crippen molar-refractivity contribution in [2.24, 2.45) is 0 Å². The summed E-state index contributed by atoms with van der Waals surface area (Å²) in [4.78, 5) is 31.2. The molecular weight excluding hydrogens is 428 g/mol. The van der Waals surface area contributed by atoms with E-state index < -0.39 is 0 Å². The second kappa shape index (κ2) is 10.0. The molecule has 0 unspecified atom stereocenters. The van der Waals surface area contributed by atoms with Gasteiger partial charge in [0.25, 0.3) is 5.91 Å². The fourth-order valence-corrected chi connectivity index (χ4v) is 4.48. The highest BCUT2D eigenvalue weighted by Crippen LogP contribution is 2.23. The topological polar surface area (TPSA) is 102 Å². The van der Waals surface area contributed by atoms with Crippen LogP contribution in [0.25, 0.3) is 10.6 Å². The summed E-state index contributed by atoms with van der Waals surface area (Å²) in [6, 6.07) is 9.89. The van der Waals surface area contributed by atoms with Gasteiger partial charge in [-0.05, 0) is 13.8 Å². The summed E-state index contributed by atoms with van der Waals surface area (Å²) in [5.41, 5.74) is 2.09. The molecule has 32 heavy (non-hydrogen) atoms. The van der Waals surface area contributed by atoms with Gasteiger partial charge < -0.3 is 15.0 Å². The van der Waals surface area contributed by atoms with Crippen molar-refractivity contribution in [3.63, 3.8) is 0 Å². The van der Waals surface area contributed by atoms with E-state index in [-0.39, 0.29) is 30.4 Å². The van der Waals surface area contributed by atoms with Crippen LogP contribution in [-0.2, 0) is 22.5 Å².